The van der Waals surface area contributed by atoms with E-state index < -0.39 is 6.10 Å². The predicted molar refractivity (Wildman–Crippen MR) is 72.0 cm³/mol. The summed E-state index contributed by atoms with van der Waals surface area (Å²) < 4.78 is 1.77. The van der Waals surface area contributed by atoms with Crippen LogP contribution in [0.1, 0.15) is 19.4 Å². The molecule has 2 heterocycles. The topological polar surface area (TPSA) is 130 Å². The Kier molecular flexibility index (Phi) is 2.98. The van der Waals surface area contributed by atoms with Gasteiger partial charge < -0.3 is 20.5 Å². The van der Waals surface area contributed by atoms with E-state index in [2.05, 4.69) is 15.0 Å². The van der Waals surface area contributed by atoms with Gasteiger partial charge in [0.1, 0.15) is 0 Å². The van der Waals surface area contributed by atoms with Gasteiger partial charge in [-0.2, -0.15) is 4.98 Å². The van der Waals surface area contributed by atoms with Gasteiger partial charge in [0.05, 0.1) is 12.4 Å². The second-order valence-corrected chi connectivity index (χ2v) is 5.35. The molecule has 1 aliphatic carbocycles. The average molecular weight is 279 g/mol. The van der Waals surface area contributed by atoms with Gasteiger partial charge in [-0.05, 0) is 12.3 Å². The standard InChI is InChI=1S/C12H17N5O3/c1-5-6(3-18)8(19)2-7(5)17-4-14-9-10(17)15-12(13)16-11(9)20/h4-8,18-19H,2-3H2,1H3,(H3,13,15,16,20)/t5?,6-,7-,8+/m0/s1. The second-order valence-electron chi connectivity index (χ2n) is 5.35. The number of aliphatic hydroxyl groups is 2. The number of rotatable bonds is 2. The molecule has 1 aliphatic rings. The lowest BCUT2D eigenvalue weighted by Crippen LogP contribution is -2.22. The second kappa shape index (κ2) is 4.57. The van der Waals surface area contributed by atoms with E-state index in [1.165, 1.54) is 0 Å². The molecule has 0 aromatic carbocycles. The molecule has 8 nitrogen and oxygen atoms in total. The van der Waals surface area contributed by atoms with Gasteiger partial charge in [0.15, 0.2) is 11.2 Å². The van der Waals surface area contributed by atoms with Crippen molar-refractivity contribution in [3.8, 4) is 0 Å². The van der Waals surface area contributed by atoms with Crippen molar-refractivity contribution >= 4 is 17.1 Å². The zero-order valence-electron chi connectivity index (χ0n) is 11.0. The molecule has 1 fully saturated rings. The van der Waals surface area contributed by atoms with Crippen LogP contribution in [0.5, 0.6) is 0 Å². The first-order valence-electron chi connectivity index (χ1n) is 6.54. The van der Waals surface area contributed by atoms with Crippen LogP contribution in [-0.2, 0) is 0 Å². The number of fused-ring (bicyclic) bond motifs is 1. The molecule has 1 saturated carbocycles. The summed E-state index contributed by atoms with van der Waals surface area (Å²) in [5, 5.41) is 19.4. The van der Waals surface area contributed by atoms with Crippen molar-refractivity contribution in [1.82, 2.24) is 19.5 Å². The SMILES string of the molecule is CC1[C@H](CO)[C@H](O)C[C@@H]1n1cnc2c(=O)[nH]c(N)nc21. The Hall–Kier alpha value is -1.93. The number of anilines is 1. The fourth-order valence-corrected chi connectivity index (χ4v) is 3.11. The zero-order chi connectivity index (χ0) is 14.4. The van der Waals surface area contributed by atoms with Crippen LogP contribution in [0.4, 0.5) is 5.95 Å². The van der Waals surface area contributed by atoms with Crippen molar-refractivity contribution in [3.63, 3.8) is 0 Å². The van der Waals surface area contributed by atoms with Crippen LogP contribution in [0.25, 0.3) is 11.2 Å². The Morgan fingerprint density at radius 1 is 1.60 bits per heavy atom. The van der Waals surface area contributed by atoms with Crippen LogP contribution in [-0.4, -0.2) is 42.4 Å². The maximum atomic E-state index is 11.8. The first-order valence-corrected chi connectivity index (χ1v) is 6.54. The van der Waals surface area contributed by atoms with E-state index in [0.29, 0.717) is 12.1 Å². The summed E-state index contributed by atoms with van der Waals surface area (Å²) in [6, 6.07) is -0.0687. The van der Waals surface area contributed by atoms with Crippen LogP contribution in [0.3, 0.4) is 0 Å². The summed E-state index contributed by atoms with van der Waals surface area (Å²) in [6.45, 7) is 1.89. The van der Waals surface area contributed by atoms with Crippen molar-refractivity contribution in [3.05, 3.63) is 16.7 Å². The Balaban J connectivity index is 2.10. The Bertz CT molecular complexity index is 694. The van der Waals surface area contributed by atoms with Crippen molar-refractivity contribution in [2.45, 2.75) is 25.5 Å². The van der Waals surface area contributed by atoms with Crippen LogP contribution in [0.2, 0.25) is 0 Å². The number of imidazole rings is 1. The number of H-pyrrole nitrogens is 1. The molecule has 3 rings (SSSR count). The van der Waals surface area contributed by atoms with Gasteiger partial charge in [-0.3, -0.25) is 9.78 Å². The molecule has 2 aromatic rings. The number of aromatic amines is 1. The highest BCUT2D eigenvalue weighted by Gasteiger charge is 2.41. The van der Waals surface area contributed by atoms with E-state index in [1.807, 2.05) is 6.92 Å². The smallest absolute Gasteiger partial charge is 0.280 e. The predicted octanol–water partition coefficient (Wildman–Crippen LogP) is -0.748. The lowest BCUT2D eigenvalue weighted by atomic mass is 9.95. The summed E-state index contributed by atoms with van der Waals surface area (Å²) in [7, 11) is 0. The molecule has 0 saturated heterocycles. The van der Waals surface area contributed by atoms with Crippen molar-refractivity contribution in [2.24, 2.45) is 11.8 Å². The van der Waals surface area contributed by atoms with Crippen LogP contribution < -0.4 is 11.3 Å². The van der Waals surface area contributed by atoms with E-state index in [0.717, 1.165) is 0 Å². The molecule has 0 amide bonds. The lowest BCUT2D eigenvalue weighted by Gasteiger charge is -2.20. The van der Waals surface area contributed by atoms with Gasteiger partial charge in [-0.15, -0.1) is 0 Å². The molecule has 108 valence electrons. The molecule has 4 atom stereocenters. The summed E-state index contributed by atoms with van der Waals surface area (Å²) in [5.41, 5.74) is 5.83. The summed E-state index contributed by atoms with van der Waals surface area (Å²) in [5.74, 6) is -0.0966. The number of aliphatic hydroxyl groups excluding tert-OH is 2. The maximum absolute atomic E-state index is 11.8. The minimum absolute atomic E-state index is 0.0363. The highest BCUT2D eigenvalue weighted by atomic mass is 16.3. The van der Waals surface area contributed by atoms with Crippen molar-refractivity contribution in [1.29, 1.82) is 0 Å². The van der Waals surface area contributed by atoms with Crippen molar-refractivity contribution < 1.29 is 10.2 Å². The van der Waals surface area contributed by atoms with E-state index in [4.69, 9.17) is 5.73 Å². The molecule has 8 heteroatoms. The van der Waals surface area contributed by atoms with Gasteiger partial charge in [0, 0.05) is 18.6 Å². The molecule has 0 bridgehead atoms. The van der Waals surface area contributed by atoms with E-state index in [1.54, 1.807) is 10.9 Å². The number of aromatic nitrogens is 4. The lowest BCUT2D eigenvalue weighted by molar-refractivity contribution is 0.0752. The first-order chi connectivity index (χ1) is 9.52. The number of hydrogen-bond acceptors (Lipinski definition) is 6. The van der Waals surface area contributed by atoms with Gasteiger partial charge in [0.25, 0.3) is 5.56 Å². The third kappa shape index (κ3) is 1.80. The average Bonchev–Trinajstić information content (AvgIpc) is 2.91. The normalized spacial score (nSPS) is 30.1. The zero-order valence-corrected chi connectivity index (χ0v) is 11.0. The first kappa shape index (κ1) is 13.1. The number of nitrogens with one attached hydrogen (secondary N) is 1. The molecular formula is C12H17N5O3. The molecule has 0 aliphatic heterocycles. The van der Waals surface area contributed by atoms with E-state index >= 15 is 0 Å². The number of hydrogen-bond donors (Lipinski definition) is 4. The molecule has 5 N–H and O–H groups in total. The van der Waals surface area contributed by atoms with Crippen LogP contribution in [0.15, 0.2) is 11.1 Å². The fraction of sp³-hybridized carbons (Fsp3) is 0.583. The Morgan fingerprint density at radius 2 is 2.35 bits per heavy atom. The third-order valence-corrected chi connectivity index (χ3v) is 4.28. The van der Waals surface area contributed by atoms with Crippen LogP contribution in [0, 0.1) is 11.8 Å². The fourth-order valence-electron chi connectivity index (χ4n) is 3.11. The molecule has 0 spiro atoms. The summed E-state index contributed by atoms with van der Waals surface area (Å²) >= 11 is 0. The highest BCUT2D eigenvalue weighted by Crippen LogP contribution is 2.40. The molecule has 2 aromatic heterocycles. The van der Waals surface area contributed by atoms with E-state index in [9.17, 15) is 15.0 Å². The largest absolute Gasteiger partial charge is 0.396 e. The van der Waals surface area contributed by atoms with Crippen molar-refractivity contribution in [2.75, 3.05) is 12.3 Å². The van der Waals surface area contributed by atoms with Gasteiger partial charge >= 0.3 is 0 Å². The highest BCUT2D eigenvalue weighted by molar-refractivity contribution is 5.70. The van der Waals surface area contributed by atoms with Gasteiger partial charge in [0.2, 0.25) is 5.95 Å². The summed E-state index contributed by atoms with van der Waals surface area (Å²) in [6.07, 6.45) is 1.46. The number of nitrogens with two attached hydrogens (primary N) is 1. The van der Waals surface area contributed by atoms with E-state index in [-0.39, 0.29) is 41.5 Å². The minimum atomic E-state index is -0.572. The molecular weight excluding hydrogens is 262 g/mol. The van der Waals surface area contributed by atoms with Gasteiger partial charge in [-0.1, -0.05) is 6.92 Å². The maximum Gasteiger partial charge on any atom is 0.280 e. The Labute approximate surface area is 114 Å². The molecule has 0 radical (unpaired) electrons. The number of nitrogen functional groups attached to an aromatic ring is 1. The van der Waals surface area contributed by atoms with Crippen LogP contribution >= 0.6 is 0 Å². The monoisotopic (exact) mass is 279 g/mol. The third-order valence-electron chi connectivity index (χ3n) is 4.28. The number of nitrogens with zero attached hydrogens (tertiary/aromatic N) is 3. The quantitative estimate of drug-likeness (QED) is 0.572. The molecule has 1 unspecified atom stereocenters. The Morgan fingerprint density at radius 3 is 3.00 bits per heavy atom. The minimum Gasteiger partial charge on any atom is -0.396 e. The van der Waals surface area contributed by atoms with Gasteiger partial charge in [-0.25, -0.2) is 4.98 Å². The molecule has 20 heavy (non-hydrogen) atoms. The summed E-state index contributed by atoms with van der Waals surface area (Å²) in [4.78, 5) is 22.4.